The van der Waals surface area contributed by atoms with E-state index in [0.717, 1.165) is 12.0 Å². The molecule has 0 aromatic heterocycles. The van der Waals surface area contributed by atoms with Crippen LogP contribution >= 0.6 is 0 Å². The van der Waals surface area contributed by atoms with Crippen LogP contribution in [-0.2, 0) is 9.53 Å². The zero-order chi connectivity index (χ0) is 13.9. The molecule has 1 aliphatic heterocycles. The number of aliphatic hydroxyl groups excluding tert-OH is 1. The van der Waals surface area contributed by atoms with Gasteiger partial charge in [0.25, 0.3) is 0 Å². The van der Waals surface area contributed by atoms with Crippen molar-refractivity contribution in [2.75, 3.05) is 0 Å². The minimum absolute atomic E-state index is 0.0260. The lowest BCUT2D eigenvalue weighted by Crippen LogP contribution is -2.34. The van der Waals surface area contributed by atoms with E-state index in [1.165, 1.54) is 0 Å². The van der Waals surface area contributed by atoms with Crippen LogP contribution in [-0.4, -0.2) is 34.0 Å². The molecule has 2 saturated carbocycles. The molecule has 0 aromatic rings. The van der Waals surface area contributed by atoms with Gasteiger partial charge in [-0.3, -0.25) is 4.79 Å². The van der Waals surface area contributed by atoms with Gasteiger partial charge >= 0.3 is 5.97 Å². The van der Waals surface area contributed by atoms with Crippen molar-refractivity contribution in [3.05, 3.63) is 12.2 Å². The highest BCUT2D eigenvalue weighted by Gasteiger charge is 2.56. The first-order valence-electron chi connectivity index (χ1n) is 7.10. The van der Waals surface area contributed by atoms with E-state index in [9.17, 15) is 15.0 Å². The maximum absolute atomic E-state index is 11.7. The van der Waals surface area contributed by atoms with Crippen LogP contribution in [0.4, 0.5) is 0 Å². The minimum atomic E-state index is -0.882. The number of carbonyl (C=O) groups excluding carboxylic acids is 1. The second-order valence-electron chi connectivity index (χ2n) is 6.79. The van der Waals surface area contributed by atoms with Crippen LogP contribution in [0.2, 0.25) is 0 Å². The van der Waals surface area contributed by atoms with Gasteiger partial charge in [0.05, 0.1) is 17.6 Å². The topological polar surface area (TPSA) is 66.8 Å². The molecule has 4 heteroatoms. The minimum Gasteiger partial charge on any atom is -0.461 e. The van der Waals surface area contributed by atoms with Crippen molar-refractivity contribution in [3.8, 4) is 0 Å². The number of esters is 1. The molecule has 0 radical (unpaired) electrons. The lowest BCUT2D eigenvalue weighted by atomic mass is 9.77. The number of aliphatic hydroxyl groups is 2. The van der Waals surface area contributed by atoms with E-state index in [1.807, 2.05) is 6.92 Å². The SMILES string of the molecule is C=C1C[C@H]2OC(=O)[C@@H](C)[C@H]2C[C@@H]2[C@@H]1[C@@H](O)C[C@@]2(C)O. The smallest absolute Gasteiger partial charge is 0.309 e. The van der Waals surface area contributed by atoms with Crippen molar-refractivity contribution in [2.24, 2.45) is 23.7 Å². The Morgan fingerprint density at radius 2 is 2.16 bits per heavy atom. The zero-order valence-corrected chi connectivity index (χ0v) is 11.5. The first kappa shape index (κ1) is 13.1. The van der Waals surface area contributed by atoms with Gasteiger partial charge in [0.2, 0.25) is 0 Å². The molecule has 19 heavy (non-hydrogen) atoms. The normalized spacial score (nSPS) is 53.5. The summed E-state index contributed by atoms with van der Waals surface area (Å²) in [5, 5.41) is 20.8. The van der Waals surface area contributed by atoms with Crippen LogP contribution < -0.4 is 0 Å². The summed E-state index contributed by atoms with van der Waals surface area (Å²) in [5.41, 5.74) is 0.0393. The molecular weight excluding hydrogens is 244 g/mol. The first-order chi connectivity index (χ1) is 8.81. The quantitative estimate of drug-likeness (QED) is 0.512. The molecule has 3 fully saturated rings. The van der Waals surface area contributed by atoms with Crippen LogP contribution in [0.1, 0.15) is 33.1 Å². The lowest BCUT2D eigenvalue weighted by molar-refractivity contribution is -0.143. The van der Waals surface area contributed by atoms with Crippen molar-refractivity contribution in [2.45, 2.75) is 50.9 Å². The molecule has 4 nitrogen and oxygen atoms in total. The van der Waals surface area contributed by atoms with Gasteiger partial charge in [-0.25, -0.2) is 0 Å². The molecule has 0 spiro atoms. The fourth-order valence-electron chi connectivity index (χ4n) is 4.39. The van der Waals surface area contributed by atoms with Gasteiger partial charge in [-0.1, -0.05) is 19.1 Å². The summed E-state index contributed by atoms with van der Waals surface area (Å²) in [7, 11) is 0. The Balaban J connectivity index is 1.95. The fraction of sp³-hybridized carbons (Fsp3) is 0.800. The van der Waals surface area contributed by atoms with Crippen LogP contribution in [0.15, 0.2) is 12.2 Å². The Hall–Kier alpha value is -0.870. The molecule has 0 unspecified atom stereocenters. The highest BCUT2D eigenvalue weighted by molar-refractivity contribution is 5.75. The Morgan fingerprint density at radius 3 is 2.84 bits per heavy atom. The van der Waals surface area contributed by atoms with Crippen LogP contribution in [0.3, 0.4) is 0 Å². The fourth-order valence-corrected chi connectivity index (χ4v) is 4.39. The molecule has 106 valence electrons. The summed E-state index contributed by atoms with van der Waals surface area (Å²) in [5.74, 6) is -0.214. The molecule has 1 saturated heterocycles. The molecule has 2 aliphatic carbocycles. The second kappa shape index (κ2) is 4.06. The van der Waals surface area contributed by atoms with Gasteiger partial charge in [0, 0.05) is 24.7 Å². The van der Waals surface area contributed by atoms with Crippen molar-refractivity contribution < 1.29 is 19.7 Å². The third-order valence-corrected chi connectivity index (χ3v) is 5.49. The second-order valence-corrected chi connectivity index (χ2v) is 6.79. The molecule has 0 aromatic carbocycles. The van der Waals surface area contributed by atoms with Crippen molar-refractivity contribution >= 4 is 5.97 Å². The van der Waals surface area contributed by atoms with E-state index < -0.39 is 11.7 Å². The molecule has 1 heterocycles. The molecule has 3 rings (SSSR count). The summed E-state index contributed by atoms with van der Waals surface area (Å²) in [4.78, 5) is 11.7. The maximum Gasteiger partial charge on any atom is 0.309 e. The van der Waals surface area contributed by atoms with Gasteiger partial charge in [0.15, 0.2) is 0 Å². The van der Waals surface area contributed by atoms with E-state index in [4.69, 9.17) is 4.74 Å². The standard InChI is InChI=1S/C15H22O4/c1-7-4-12-9(8(2)14(17)19-12)5-10-13(7)11(16)6-15(10,3)18/h8-13,16,18H,1,4-6H2,2-3H3/t8-,9+,10+,11-,12+,13+,15+/m0/s1. The number of hydrogen-bond acceptors (Lipinski definition) is 4. The average Bonchev–Trinajstić information content (AvgIpc) is 2.61. The van der Waals surface area contributed by atoms with E-state index >= 15 is 0 Å². The van der Waals surface area contributed by atoms with Crippen molar-refractivity contribution in [1.29, 1.82) is 0 Å². The lowest BCUT2D eigenvalue weighted by Gasteiger charge is -2.30. The van der Waals surface area contributed by atoms with Gasteiger partial charge in [-0.15, -0.1) is 0 Å². The highest BCUT2D eigenvalue weighted by atomic mass is 16.6. The molecule has 0 bridgehead atoms. The molecule has 2 N–H and O–H groups in total. The van der Waals surface area contributed by atoms with E-state index in [-0.39, 0.29) is 35.7 Å². The van der Waals surface area contributed by atoms with E-state index in [0.29, 0.717) is 12.8 Å². The van der Waals surface area contributed by atoms with Crippen molar-refractivity contribution in [3.63, 3.8) is 0 Å². The van der Waals surface area contributed by atoms with Crippen LogP contribution in [0.25, 0.3) is 0 Å². The third-order valence-electron chi connectivity index (χ3n) is 5.49. The Labute approximate surface area is 113 Å². The van der Waals surface area contributed by atoms with E-state index in [1.54, 1.807) is 6.92 Å². The molecule has 0 amide bonds. The predicted molar refractivity (Wildman–Crippen MR) is 69.1 cm³/mol. The third kappa shape index (κ3) is 1.84. The highest BCUT2D eigenvalue weighted by Crippen LogP contribution is 2.53. The maximum atomic E-state index is 11.7. The largest absolute Gasteiger partial charge is 0.461 e. The van der Waals surface area contributed by atoms with Crippen molar-refractivity contribution in [1.82, 2.24) is 0 Å². The summed E-state index contributed by atoms with van der Waals surface area (Å²) in [6.45, 7) is 7.77. The Kier molecular flexibility index (Phi) is 2.81. The molecular formula is C15H22O4. The first-order valence-corrected chi connectivity index (χ1v) is 7.10. The number of fused-ring (bicyclic) bond motifs is 2. The monoisotopic (exact) mass is 266 g/mol. The zero-order valence-electron chi connectivity index (χ0n) is 11.5. The van der Waals surface area contributed by atoms with Gasteiger partial charge in [-0.05, 0) is 19.3 Å². The summed E-state index contributed by atoms with van der Waals surface area (Å²) in [6.07, 6.45) is 1.09. The number of hydrogen-bond donors (Lipinski definition) is 2. The molecule has 3 aliphatic rings. The van der Waals surface area contributed by atoms with Crippen LogP contribution in [0, 0.1) is 23.7 Å². The summed E-state index contributed by atoms with van der Waals surface area (Å²) in [6, 6.07) is 0. The number of carbonyl (C=O) groups is 1. The Bertz CT molecular complexity index is 428. The van der Waals surface area contributed by atoms with Crippen LogP contribution in [0.5, 0.6) is 0 Å². The summed E-state index contributed by atoms with van der Waals surface area (Å²) >= 11 is 0. The average molecular weight is 266 g/mol. The predicted octanol–water partition coefficient (Wildman–Crippen LogP) is 1.26. The Morgan fingerprint density at radius 1 is 1.47 bits per heavy atom. The number of ether oxygens (including phenoxy) is 1. The number of rotatable bonds is 0. The molecule has 7 atom stereocenters. The van der Waals surface area contributed by atoms with Gasteiger partial charge in [-0.2, -0.15) is 0 Å². The van der Waals surface area contributed by atoms with Gasteiger partial charge < -0.3 is 14.9 Å². The summed E-state index contributed by atoms with van der Waals surface area (Å²) < 4.78 is 5.43. The van der Waals surface area contributed by atoms with E-state index in [2.05, 4.69) is 6.58 Å². The van der Waals surface area contributed by atoms with Gasteiger partial charge in [0.1, 0.15) is 6.10 Å².